The van der Waals surface area contributed by atoms with E-state index in [1.165, 1.54) is 14.2 Å². The van der Waals surface area contributed by atoms with E-state index < -0.39 is 0 Å². The molecule has 0 saturated carbocycles. The van der Waals surface area contributed by atoms with E-state index >= 15 is 0 Å². The van der Waals surface area contributed by atoms with Crippen LogP contribution in [0.3, 0.4) is 0 Å². The summed E-state index contributed by atoms with van der Waals surface area (Å²) in [5, 5.41) is 2.45. The molecule has 0 bridgehead atoms. The lowest BCUT2D eigenvalue weighted by Crippen LogP contribution is -2.52. The van der Waals surface area contributed by atoms with Gasteiger partial charge in [-0.15, -0.1) is 0 Å². The minimum absolute atomic E-state index is 0.0862. The van der Waals surface area contributed by atoms with Crippen molar-refractivity contribution in [3.63, 3.8) is 0 Å². The molecule has 0 radical (unpaired) electrons. The van der Waals surface area contributed by atoms with E-state index in [1.807, 2.05) is 0 Å². The highest BCUT2D eigenvalue weighted by molar-refractivity contribution is 5.95. The Labute approximate surface area is 152 Å². The lowest BCUT2D eigenvalue weighted by Gasteiger charge is -2.35. The molecule has 1 fully saturated rings. The fourth-order valence-electron chi connectivity index (χ4n) is 2.63. The number of hydrogen-bond acceptors (Lipinski definition) is 6. The maximum Gasteiger partial charge on any atom is 0.254 e. The molecule has 26 heavy (non-hydrogen) atoms. The van der Waals surface area contributed by atoms with Crippen molar-refractivity contribution in [2.75, 3.05) is 53.5 Å². The van der Waals surface area contributed by atoms with Gasteiger partial charge in [0.25, 0.3) is 5.91 Å². The van der Waals surface area contributed by atoms with Gasteiger partial charge in [0.15, 0.2) is 0 Å². The summed E-state index contributed by atoms with van der Waals surface area (Å²) < 4.78 is 10.4. The number of nitrogens with two attached hydrogens (primary N) is 1. The highest BCUT2D eigenvalue weighted by atomic mass is 16.5. The minimum atomic E-state index is -0.376. The highest BCUT2D eigenvalue weighted by Crippen LogP contribution is 2.23. The van der Waals surface area contributed by atoms with Crippen molar-refractivity contribution in [3.05, 3.63) is 23.8 Å². The number of methoxy groups -OCH3 is 2. The molecule has 1 saturated heterocycles. The van der Waals surface area contributed by atoms with Gasteiger partial charge in [0.2, 0.25) is 11.8 Å². The average molecular weight is 364 g/mol. The van der Waals surface area contributed by atoms with Crippen LogP contribution in [0.2, 0.25) is 0 Å². The molecule has 1 aromatic carbocycles. The van der Waals surface area contributed by atoms with Crippen LogP contribution in [-0.4, -0.2) is 81.0 Å². The quantitative estimate of drug-likeness (QED) is 0.674. The third-order valence-corrected chi connectivity index (χ3v) is 4.14. The molecule has 2 rings (SSSR count). The van der Waals surface area contributed by atoms with Crippen molar-refractivity contribution >= 4 is 17.7 Å². The maximum absolute atomic E-state index is 12.7. The van der Waals surface area contributed by atoms with Crippen LogP contribution in [0, 0.1) is 0 Å². The molecule has 1 aliphatic rings. The number of nitrogens with one attached hydrogen (secondary N) is 1. The molecule has 9 nitrogen and oxygen atoms in total. The van der Waals surface area contributed by atoms with Crippen molar-refractivity contribution in [1.29, 1.82) is 0 Å². The molecule has 142 valence electrons. The van der Waals surface area contributed by atoms with Crippen molar-refractivity contribution in [3.8, 4) is 11.5 Å². The van der Waals surface area contributed by atoms with Gasteiger partial charge in [0.05, 0.1) is 27.3 Å². The van der Waals surface area contributed by atoms with E-state index in [0.717, 1.165) is 0 Å². The summed E-state index contributed by atoms with van der Waals surface area (Å²) in [5.41, 5.74) is 5.65. The van der Waals surface area contributed by atoms with E-state index in [-0.39, 0.29) is 30.8 Å². The van der Waals surface area contributed by atoms with Crippen LogP contribution >= 0.6 is 0 Å². The number of piperazine rings is 1. The van der Waals surface area contributed by atoms with E-state index in [1.54, 1.807) is 28.0 Å². The molecule has 0 unspecified atom stereocenters. The number of nitrogens with zero attached hydrogens (tertiary/aromatic N) is 2. The fourth-order valence-corrected chi connectivity index (χ4v) is 2.63. The maximum atomic E-state index is 12.7. The van der Waals surface area contributed by atoms with E-state index in [4.69, 9.17) is 15.2 Å². The topological polar surface area (TPSA) is 114 Å². The number of ether oxygens (including phenoxy) is 2. The van der Waals surface area contributed by atoms with Gasteiger partial charge in [-0.3, -0.25) is 14.4 Å². The summed E-state index contributed by atoms with van der Waals surface area (Å²) in [7, 11) is 3.05. The molecule has 0 spiro atoms. The van der Waals surface area contributed by atoms with Crippen LogP contribution in [0.25, 0.3) is 0 Å². The van der Waals surface area contributed by atoms with Gasteiger partial charge in [-0.1, -0.05) is 0 Å². The van der Waals surface area contributed by atoms with Crippen LogP contribution in [0.15, 0.2) is 18.2 Å². The molecule has 3 N–H and O–H groups in total. The number of amides is 3. The zero-order valence-electron chi connectivity index (χ0n) is 15.0. The summed E-state index contributed by atoms with van der Waals surface area (Å²) in [5.74, 6) is 0.362. The number of carbonyl (C=O) groups excluding carboxylic acids is 3. The van der Waals surface area contributed by atoms with Gasteiger partial charge < -0.3 is 30.3 Å². The number of carbonyl (C=O) groups is 3. The predicted molar refractivity (Wildman–Crippen MR) is 94.1 cm³/mol. The van der Waals surface area contributed by atoms with Crippen LogP contribution in [0.1, 0.15) is 10.4 Å². The predicted octanol–water partition coefficient (Wildman–Crippen LogP) is -0.937. The molecule has 3 amide bonds. The van der Waals surface area contributed by atoms with Gasteiger partial charge in [-0.05, 0) is 12.1 Å². The summed E-state index contributed by atoms with van der Waals surface area (Å²) in [6.07, 6.45) is 0. The van der Waals surface area contributed by atoms with Gasteiger partial charge in [0, 0.05) is 37.8 Å². The molecule has 0 aromatic heterocycles. The first-order valence-electron chi connectivity index (χ1n) is 8.25. The Hall–Kier alpha value is -2.81. The fraction of sp³-hybridized carbons (Fsp3) is 0.471. The second-order valence-corrected chi connectivity index (χ2v) is 5.76. The summed E-state index contributed by atoms with van der Waals surface area (Å²) in [4.78, 5) is 39.2. The Balaban J connectivity index is 1.94. The molecule has 1 aromatic rings. The van der Waals surface area contributed by atoms with Crippen molar-refractivity contribution in [2.24, 2.45) is 5.73 Å². The Morgan fingerprint density at radius 3 is 2.04 bits per heavy atom. The summed E-state index contributed by atoms with van der Waals surface area (Å²) in [6, 6.07) is 5.01. The third kappa shape index (κ3) is 4.85. The van der Waals surface area contributed by atoms with Gasteiger partial charge in [-0.25, -0.2) is 0 Å². The highest BCUT2D eigenvalue weighted by Gasteiger charge is 2.25. The minimum Gasteiger partial charge on any atom is -0.497 e. The smallest absolute Gasteiger partial charge is 0.254 e. The molecular weight excluding hydrogens is 340 g/mol. The van der Waals surface area contributed by atoms with Crippen LogP contribution < -0.4 is 20.5 Å². The second-order valence-electron chi connectivity index (χ2n) is 5.76. The molecule has 1 heterocycles. The molecule has 1 aliphatic heterocycles. The van der Waals surface area contributed by atoms with Crippen LogP contribution in [-0.2, 0) is 9.59 Å². The van der Waals surface area contributed by atoms with Gasteiger partial charge in [0.1, 0.15) is 11.5 Å². The van der Waals surface area contributed by atoms with Gasteiger partial charge in [-0.2, -0.15) is 0 Å². The Morgan fingerprint density at radius 1 is 1.00 bits per heavy atom. The number of rotatable bonds is 6. The Morgan fingerprint density at radius 2 is 1.54 bits per heavy atom. The largest absolute Gasteiger partial charge is 0.497 e. The first-order valence-corrected chi connectivity index (χ1v) is 8.25. The van der Waals surface area contributed by atoms with E-state index in [9.17, 15) is 14.4 Å². The molecular formula is C17H24N4O5. The standard InChI is InChI=1S/C17H24N4O5/c1-25-13-7-12(8-14(9-13)26-2)17(24)21-5-3-20(4-6-21)16(23)11-19-15(22)10-18/h7-9H,3-6,10-11,18H2,1-2H3,(H,19,22). The Bertz CT molecular complexity index is 649. The third-order valence-electron chi connectivity index (χ3n) is 4.14. The van der Waals surface area contributed by atoms with Crippen molar-refractivity contribution in [1.82, 2.24) is 15.1 Å². The normalized spacial score (nSPS) is 14.0. The van der Waals surface area contributed by atoms with Gasteiger partial charge >= 0.3 is 0 Å². The molecule has 0 aliphatic carbocycles. The number of hydrogen-bond donors (Lipinski definition) is 2. The Kier molecular flexibility index (Phi) is 6.79. The summed E-state index contributed by atoms with van der Waals surface area (Å²) >= 11 is 0. The van der Waals surface area contributed by atoms with Crippen molar-refractivity contribution < 1.29 is 23.9 Å². The second kappa shape index (κ2) is 9.04. The van der Waals surface area contributed by atoms with Crippen LogP contribution in [0.4, 0.5) is 0 Å². The first kappa shape index (κ1) is 19.5. The summed E-state index contributed by atoms with van der Waals surface area (Å²) in [6.45, 7) is 1.40. The zero-order chi connectivity index (χ0) is 19.1. The average Bonchev–Trinajstić information content (AvgIpc) is 2.70. The lowest BCUT2D eigenvalue weighted by atomic mass is 10.1. The van der Waals surface area contributed by atoms with E-state index in [2.05, 4.69) is 5.32 Å². The monoisotopic (exact) mass is 364 g/mol. The zero-order valence-corrected chi connectivity index (χ0v) is 15.0. The van der Waals surface area contributed by atoms with E-state index in [0.29, 0.717) is 43.2 Å². The van der Waals surface area contributed by atoms with Crippen LogP contribution in [0.5, 0.6) is 11.5 Å². The van der Waals surface area contributed by atoms with Crippen molar-refractivity contribution in [2.45, 2.75) is 0 Å². The lowest BCUT2D eigenvalue weighted by molar-refractivity contribution is -0.133. The first-order chi connectivity index (χ1) is 12.5. The number of benzene rings is 1. The SMILES string of the molecule is COc1cc(OC)cc(C(=O)N2CCN(C(=O)CNC(=O)CN)CC2)c1. The molecule has 0 atom stereocenters. The molecule has 9 heteroatoms.